The van der Waals surface area contributed by atoms with E-state index in [2.05, 4.69) is 5.32 Å². The normalized spacial score (nSPS) is 12.1. The number of carbonyl (C=O) groups is 2. The molecule has 0 saturated carbocycles. The highest BCUT2D eigenvalue weighted by molar-refractivity contribution is 7.92. The predicted molar refractivity (Wildman–Crippen MR) is 181 cm³/mol. The zero-order chi connectivity index (χ0) is 32.7. The first kappa shape index (κ1) is 34.3. The van der Waals surface area contributed by atoms with E-state index in [1.165, 1.54) is 29.2 Å². The summed E-state index contributed by atoms with van der Waals surface area (Å²) >= 11 is 19.4. The second-order valence-electron chi connectivity index (χ2n) is 10.9. The Bertz CT molecular complexity index is 1750. The number of carbonyl (C=O) groups excluding carboxylic acids is 2. The summed E-state index contributed by atoms with van der Waals surface area (Å²) in [5.74, 6) is -1.02. The minimum absolute atomic E-state index is 0.0290. The van der Waals surface area contributed by atoms with Gasteiger partial charge in [0.05, 0.1) is 20.6 Å². The van der Waals surface area contributed by atoms with Gasteiger partial charge in [0, 0.05) is 24.0 Å². The van der Waals surface area contributed by atoms with Crippen molar-refractivity contribution in [3.05, 3.63) is 129 Å². The van der Waals surface area contributed by atoms with Gasteiger partial charge in [0.1, 0.15) is 12.6 Å². The van der Waals surface area contributed by atoms with Crippen molar-refractivity contribution < 1.29 is 18.0 Å². The quantitative estimate of drug-likeness (QED) is 0.169. The highest BCUT2D eigenvalue weighted by atomic mass is 35.5. The molecule has 4 aromatic carbocycles. The van der Waals surface area contributed by atoms with Crippen LogP contribution in [0.25, 0.3) is 0 Å². The van der Waals surface area contributed by atoms with Crippen molar-refractivity contribution in [3.8, 4) is 0 Å². The number of nitrogens with zero attached hydrogens (tertiary/aromatic N) is 2. The van der Waals surface area contributed by atoms with Gasteiger partial charge < -0.3 is 10.2 Å². The second kappa shape index (κ2) is 15.1. The van der Waals surface area contributed by atoms with Gasteiger partial charge in [-0.1, -0.05) is 107 Å². The molecule has 7 nitrogen and oxygen atoms in total. The van der Waals surface area contributed by atoms with E-state index in [-0.39, 0.29) is 45.5 Å². The first-order chi connectivity index (χ1) is 21.4. The molecule has 0 spiro atoms. The van der Waals surface area contributed by atoms with E-state index in [1.807, 2.05) is 51.1 Å². The number of sulfonamides is 1. The van der Waals surface area contributed by atoms with E-state index in [9.17, 15) is 18.0 Å². The highest BCUT2D eigenvalue weighted by Crippen LogP contribution is 2.36. The Kier molecular flexibility index (Phi) is 11.6. The Morgan fingerprint density at radius 3 is 2.07 bits per heavy atom. The fourth-order valence-corrected chi connectivity index (χ4v) is 6.85. The molecular formula is C34H34Cl3N3O4S. The van der Waals surface area contributed by atoms with E-state index < -0.39 is 28.5 Å². The van der Waals surface area contributed by atoms with Gasteiger partial charge in [-0.3, -0.25) is 13.9 Å². The van der Waals surface area contributed by atoms with Gasteiger partial charge in [0.2, 0.25) is 11.8 Å². The summed E-state index contributed by atoms with van der Waals surface area (Å²) in [6, 6.07) is 25.9. The van der Waals surface area contributed by atoms with Crippen LogP contribution < -0.4 is 9.62 Å². The van der Waals surface area contributed by atoms with Crippen LogP contribution >= 0.6 is 34.8 Å². The monoisotopic (exact) mass is 685 g/mol. The molecule has 0 aliphatic rings. The molecule has 0 saturated heterocycles. The van der Waals surface area contributed by atoms with Crippen molar-refractivity contribution >= 4 is 62.3 Å². The molecule has 11 heteroatoms. The fraction of sp³-hybridized carbons (Fsp3) is 0.235. The summed E-state index contributed by atoms with van der Waals surface area (Å²) in [5, 5.41) is 3.42. The van der Waals surface area contributed by atoms with E-state index in [0.717, 1.165) is 15.4 Å². The molecule has 45 heavy (non-hydrogen) atoms. The van der Waals surface area contributed by atoms with Crippen molar-refractivity contribution in [1.82, 2.24) is 10.2 Å². The summed E-state index contributed by atoms with van der Waals surface area (Å²) in [6.07, 6.45) is 0.179. The number of rotatable bonds is 12. The van der Waals surface area contributed by atoms with E-state index in [1.54, 1.807) is 42.5 Å². The second-order valence-corrected chi connectivity index (χ2v) is 13.9. The Labute approximate surface area is 279 Å². The van der Waals surface area contributed by atoms with Crippen LogP contribution in [-0.4, -0.2) is 43.8 Å². The molecule has 0 bridgehead atoms. The molecule has 0 unspecified atom stereocenters. The molecule has 1 atom stereocenters. The molecule has 4 aromatic rings. The molecule has 0 fully saturated rings. The Morgan fingerprint density at radius 2 is 1.42 bits per heavy atom. The Morgan fingerprint density at radius 1 is 0.800 bits per heavy atom. The van der Waals surface area contributed by atoms with Gasteiger partial charge in [-0.2, -0.15) is 0 Å². The number of hydrogen-bond acceptors (Lipinski definition) is 4. The van der Waals surface area contributed by atoms with Gasteiger partial charge in [-0.05, 0) is 62.2 Å². The fourth-order valence-electron chi connectivity index (χ4n) is 4.78. The van der Waals surface area contributed by atoms with Crippen LogP contribution in [-0.2, 0) is 32.6 Å². The summed E-state index contributed by atoms with van der Waals surface area (Å²) in [5.41, 5.74) is 2.31. The van der Waals surface area contributed by atoms with Crippen LogP contribution in [0.1, 0.15) is 30.5 Å². The van der Waals surface area contributed by atoms with Crippen molar-refractivity contribution in [3.63, 3.8) is 0 Å². The molecule has 0 heterocycles. The zero-order valence-corrected chi connectivity index (χ0v) is 28.2. The minimum Gasteiger partial charge on any atom is -0.352 e. The van der Waals surface area contributed by atoms with Crippen LogP contribution in [0.2, 0.25) is 15.1 Å². The van der Waals surface area contributed by atoms with E-state index >= 15 is 0 Å². The van der Waals surface area contributed by atoms with Gasteiger partial charge in [0.15, 0.2) is 0 Å². The largest absolute Gasteiger partial charge is 0.352 e. The van der Waals surface area contributed by atoms with Crippen LogP contribution in [0.4, 0.5) is 5.69 Å². The number of aryl methyl sites for hydroxylation is 1. The maximum absolute atomic E-state index is 14.5. The highest BCUT2D eigenvalue weighted by Gasteiger charge is 2.36. The average molecular weight is 687 g/mol. The third-order valence-electron chi connectivity index (χ3n) is 7.09. The minimum atomic E-state index is -4.33. The average Bonchev–Trinajstić information content (AvgIpc) is 3.00. The maximum atomic E-state index is 14.5. The van der Waals surface area contributed by atoms with Crippen LogP contribution in [0, 0.1) is 6.92 Å². The van der Waals surface area contributed by atoms with E-state index in [0.29, 0.717) is 10.6 Å². The number of benzene rings is 4. The number of halogens is 3. The van der Waals surface area contributed by atoms with Crippen LogP contribution in [0.3, 0.4) is 0 Å². The SMILES string of the molecule is Cc1ccc(S(=O)(=O)N(CC(=O)N(Cc2ccccc2Cl)[C@H](Cc2ccccc2)C(=O)NC(C)C)c2cccc(Cl)c2Cl)cc1. The van der Waals surface area contributed by atoms with Gasteiger partial charge in [-0.25, -0.2) is 8.42 Å². The van der Waals surface area contributed by atoms with Crippen LogP contribution in [0.15, 0.2) is 102 Å². The first-order valence-corrected chi connectivity index (χ1v) is 16.9. The summed E-state index contributed by atoms with van der Waals surface area (Å²) < 4.78 is 29.3. The molecule has 0 aliphatic heterocycles. The molecule has 0 aliphatic carbocycles. The van der Waals surface area contributed by atoms with Gasteiger partial charge >= 0.3 is 0 Å². The van der Waals surface area contributed by atoms with Crippen molar-refractivity contribution in [1.29, 1.82) is 0 Å². The topological polar surface area (TPSA) is 86.8 Å². The molecule has 1 N–H and O–H groups in total. The molecule has 0 aromatic heterocycles. The summed E-state index contributed by atoms with van der Waals surface area (Å²) in [6.45, 7) is 4.78. The number of hydrogen-bond donors (Lipinski definition) is 1. The van der Waals surface area contributed by atoms with Gasteiger partial charge in [-0.15, -0.1) is 0 Å². The number of anilines is 1. The molecule has 0 radical (unpaired) electrons. The standard InChI is InChI=1S/C34H34Cl3N3O4S/c1-23(2)38-34(42)31(20-25-10-5-4-6-11-25)39(21-26-12-7-8-13-28(26)35)32(41)22-40(30-15-9-14-29(36)33(30)37)45(43,44)27-18-16-24(3)17-19-27/h4-19,23,31H,20-22H2,1-3H3,(H,38,42)/t31-/m1/s1. The molecular weight excluding hydrogens is 653 g/mol. The Balaban J connectivity index is 1.85. The third-order valence-corrected chi connectivity index (χ3v) is 10.0. The lowest BCUT2D eigenvalue weighted by Crippen LogP contribution is -2.54. The van der Waals surface area contributed by atoms with Crippen molar-refractivity contribution in [2.24, 2.45) is 0 Å². The zero-order valence-electron chi connectivity index (χ0n) is 25.1. The lowest BCUT2D eigenvalue weighted by molar-refractivity contribution is -0.140. The third kappa shape index (κ3) is 8.58. The smallest absolute Gasteiger partial charge is 0.264 e. The number of amides is 2. The molecule has 4 rings (SSSR count). The lowest BCUT2D eigenvalue weighted by Gasteiger charge is -2.34. The maximum Gasteiger partial charge on any atom is 0.264 e. The predicted octanol–water partition coefficient (Wildman–Crippen LogP) is 7.32. The molecule has 2 amide bonds. The van der Waals surface area contributed by atoms with Crippen molar-refractivity contribution in [2.75, 3.05) is 10.8 Å². The van der Waals surface area contributed by atoms with Crippen molar-refractivity contribution in [2.45, 2.75) is 50.7 Å². The summed E-state index contributed by atoms with van der Waals surface area (Å²) in [7, 11) is -4.33. The first-order valence-electron chi connectivity index (χ1n) is 14.3. The van der Waals surface area contributed by atoms with E-state index in [4.69, 9.17) is 34.8 Å². The van der Waals surface area contributed by atoms with Gasteiger partial charge in [0.25, 0.3) is 10.0 Å². The van der Waals surface area contributed by atoms with Crippen LogP contribution in [0.5, 0.6) is 0 Å². The number of nitrogens with one attached hydrogen (secondary N) is 1. The summed E-state index contributed by atoms with van der Waals surface area (Å²) in [4.78, 5) is 29.6. The lowest BCUT2D eigenvalue weighted by atomic mass is 10.0. The molecule has 236 valence electrons. The Hall–Kier alpha value is -3.56.